The molecule has 0 aliphatic heterocycles. The largest absolute Gasteiger partial charge is 0.329 e. The van der Waals surface area contributed by atoms with Crippen molar-refractivity contribution in [2.75, 3.05) is 0 Å². The third kappa shape index (κ3) is 3.44. The van der Waals surface area contributed by atoms with Gasteiger partial charge in [0.1, 0.15) is 0 Å². The summed E-state index contributed by atoms with van der Waals surface area (Å²) in [5.74, 6) is 0. The highest BCUT2D eigenvalue weighted by Gasteiger charge is 2.03. The van der Waals surface area contributed by atoms with Crippen LogP contribution >= 0.6 is 0 Å². The smallest absolute Gasteiger partial charge is 0.0951 e. The van der Waals surface area contributed by atoms with Gasteiger partial charge < -0.3 is 9.88 Å². The summed E-state index contributed by atoms with van der Waals surface area (Å²) in [6.07, 6.45) is 3.84. The summed E-state index contributed by atoms with van der Waals surface area (Å²) in [7, 11) is 0. The molecule has 0 spiro atoms. The Kier molecular flexibility index (Phi) is 4.15. The van der Waals surface area contributed by atoms with Gasteiger partial charge in [0.15, 0.2) is 0 Å². The van der Waals surface area contributed by atoms with E-state index in [2.05, 4.69) is 59.9 Å². The van der Waals surface area contributed by atoms with Crippen LogP contribution in [-0.2, 0) is 13.1 Å². The summed E-state index contributed by atoms with van der Waals surface area (Å²) in [6.45, 7) is 8.18. The fourth-order valence-electron chi connectivity index (χ4n) is 1.95. The fourth-order valence-corrected chi connectivity index (χ4v) is 1.95. The van der Waals surface area contributed by atoms with E-state index in [0.29, 0.717) is 6.04 Å². The van der Waals surface area contributed by atoms with Crippen LogP contribution in [0.1, 0.15) is 30.7 Å². The highest BCUT2D eigenvalue weighted by Crippen LogP contribution is 2.08. The Labute approximate surface area is 109 Å². The molecule has 0 saturated carbocycles. The molecule has 1 aromatic heterocycles. The number of hydrogen-bond donors (Lipinski definition) is 1. The van der Waals surface area contributed by atoms with Gasteiger partial charge in [0, 0.05) is 25.3 Å². The number of nitrogens with zero attached hydrogens (tertiary/aromatic N) is 2. The first-order valence-corrected chi connectivity index (χ1v) is 6.43. The maximum atomic E-state index is 4.24. The minimum Gasteiger partial charge on any atom is -0.329 e. The second kappa shape index (κ2) is 5.83. The zero-order valence-electron chi connectivity index (χ0n) is 11.4. The molecular formula is C15H21N3. The first-order valence-electron chi connectivity index (χ1n) is 6.43. The fraction of sp³-hybridized carbons (Fsp3) is 0.400. The molecule has 2 aromatic rings. The number of aryl methyl sites for hydroxylation is 1. The van der Waals surface area contributed by atoms with Gasteiger partial charge in [0.05, 0.1) is 12.0 Å². The zero-order chi connectivity index (χ0) is 13.0. The van der Waals surface area contributed by atoms with Crippen molar-refractivity contribution in [3.63, 3.8) is 0 Å². The van der Waals surface area contributed by atoms with Gasteiger partial charge in [-0.3, -0.25) is 0 Å². The van der Waals surface area contributed by atoms with E-state index in [1.165, 1.54) is 16.8 Å². The Morgan fingerprint density at radius 1 is 1.33 bits per heavy atom. The summed E-state index contributed by atoms with van der Waals surface area (Å²) in [6, 6.07) is 9.10. The van der Waals surface area contributed by atoms with Gasteiger partial charge in [0.25, 0.3) is 0 Å². The van der Waals surface area contributed by atoms with Crippen molar-refractivity contribution in [1.29, 1.82) is 0 Å². The van der Waals surface area contributed by atoms with E-state index in [1.807, 2.05) is 12.5 Å². The van der Waals surface area contributed by atoms with E-state index in [1.54, 1.807) is 0 Å². The van der Waals surface area contributed by atoms with Crippen molar-refractivity contribution in [2.24, 2.45) is 0 Å². The summed E-state index contributed by atoms with van der Waals surface area (Å²) in [4.78, 5) is 4.24. The normalized spacial score (nSPS) is 11.1. The Morgan fingerprint density at radius 3 is 2.89 bits per heavy atom. The van der Waals surface area contributed by atoms with Crippen molar-refractivity contribution >= 4 is 0 Å². The number of rotatable bonds is 5. The van der Waals surface area contributed by atoms with Gasteiger partial charge >= 0.3 is 0 Å². The molecule has 1 aromatic carbocycles. The lowest BCUT2D eigenvalue weighted by Crippen LogP contribution is -2.23. The molecule has 0 atom stereocenters. The zero-order valence-corrected chi connectivity index (χ0v) is 11.4. The molecule has 3 heteroatoms. The summed E-state index contributed by atoms with van der Waals surface area (Å²) < 4.78 is 2.20. The van der Waals surface area contributed by atoms with E-state index in [0.717, 1.165) is 13.1 Å². The molecule has 0 amide bonds. The van der Waals surface area contributed by atoms with E-state index in [9.17, 15) is 0 Å². The summed E-state index contributed by atoms with van der Waals surface area (Å²) in [5, 5.41) is 3.42. The second-order valence-corrected chi connectivity index (χ2v) is 5.04. The third-order valence-corrected chi connectivity index (χ3v) is 2.93. The van der Waals surface area contributed by atoms with Crippen LogP contribution in [-0.4, -0.2) is 15.6 Å². The van der Waals surface area contributed by atoms with Crippen LogP contribution in [0.15, 0.2) is 36.8 Å². The molecule has 0 bridgehead atoms. The van der Waals surface area contributed by atoms with Crippen LogP contribution in [0, 0.1) is 6.92 Å². The highest BCUT2D eigenvalue weighted by atomic mass is 15.1. The van der Waals surface area contributed by atoms with E-state index in [4.69, 9.17) is 0 Å². The Hall–Kier alpha value is -1.61. The first-order chi connectivity index (χ1) is 8.65. The van der Waals surface area contributed by atoms with Crippen LogP contribution in [0.3, 0.4) is 0 Å². The topological polar surface area (TPSA) is 29.9 Å². The molecule has 2 rings (SSSR count). The maximum absolute atomic E-state index is 4.24. The second-order valence-electron chi connectivity index (χ2n) is 5.04. The summed E-state index contributed by atoms with van der Waals surface area (Å²) in [5.41, 5.74) is 3.85. The van der Waals surface area contributed by atoms with Gasteiger partial charge in [-0.05, 0) is 12.5 Å². The number of hydrogen-bond acceptors (Lipinski definition) is 2. The standard InChI is InChI=1S/C15H21N3/c1-12(2)17-9-15-8-16-11-18(15)10-14-6-4-5-13(3)7-14/h4-8,11-12,17H,9-10H2,1-3H3. The molecule has 0 saturated heterocycles. The quantitative estimate of drug-likeness (QED) is 0.875. The van der Waals surface area contributed by atoms with Crippen LogP contribution in [0.25, 0.3) is 0 Å². The number of nitrogens with one attached hydrogen (secondary N) is 1. The molecule has 0 unspecified atom stereocenters. The first kappa shape index (κ1) is 12.8. The number of benzene rings is 1. The monoisotopic (exact) mass is 243 g/mol. The lowest BCUT2D eigenvalue weighted by Gasteiger charge is -2.11. The Morgan fingerprint density at radius 2 is 2.17 bits per heavy atom. The van der Waals surface area contributed by atoms with Crippen molar-refractivity contribution < 1.29 is 0 Å². The molecule has 0 aliphatic rings. The third-order valence-electron chi connectivity index (χ3n) is 2.93. The average Bonchev–Trinajstić information content (AvgIpc) is 2.74. The Balaban J connectivity index is 2.07. The predicted molar refractivity (Wildman–Crippen MR) is 74.5 cm³/mol. The number of aromatic nitrogens is 2. The lowest BCUT2D eigenvalue weighted by atomic mass is 10.1. The Bertz CT molecular complexity index is 500. The van der Waals surface area contributed by atoms with Gasteiger partial charge in [0.2, 0.25) is 0 Å². The SMILES string of the molecule is Cc1cccc(Cn2cncc2CNC(C)C)c1. The van der Waals surface area contributed by atoms with Gasteiger partial charge in [-0.25, -0.2) is 4.98 Å². The molecule has 0 aliphatic carbocycles. The van der Waals surface area contributed by atoms with E-state index >= 15 is 0 Å². The maximum Gasteiger partial charge on any atom is 0.0951 e. The highest BCUT2D eigenvalue weighted by molar-refractivity contribution is 5.22. The molecule has 3 nitrogen and oxygen atoms in total. The van der Waals surface area contributed by atoms with Gasteiger partial charge in [-0.2, -0.15) is 0 Å². The van der Waals surface area contributed by atoms with Crippen LogP contribution in [0.2, 0.25) is 0 Å². The predicted octanol–water partition coefficient (Wildman–Crippen LogP) is 2.74. The van der Waals surface area contributed by atoms with Crippen molar-refractivity contribution in [2.45, 2.75) is 39.9 Å². The molecule has 96 valence electrons. The van der Waals surface area contributed by atoms with Crippen LogP contribution in [0.5, 0.6) is 0 Å². The molecule has 0 fully saturated rings. The van der Waals surface area contributed by atoms with Gasteiger partial charge in [-0.1, -0.05) is 43.7 Å². The molecule has 0 radical (unpaired) electrons. The minimum atomic E-state index is 0.493. The lowest BCUT2D eigenvalue weighted by molar-refractivity contribution is 0.564. The van der Waals surface area contributed by atoms with Crippen molar-refractivity contribution in [3.8, 4) is 0 Å². The molecular weight excluding hydrogens is 222 g/mol. The van der Waals surface area contributed by atoms with E-state index in [-0.39, 0.29) is 0 Å². The molecule has 1 N–H and O–H groups in total. The van der Waals surface area contributed by atoms with Crippen molar-refractivity contribution in [3.05, 3.63) is 53.6 Å². The van der Waals surface area contributed by atoms with Crippen LogP contribution < -0.4 is 5.32 Å². The minimum absolute atomic E-state index is 0.493. The van der Waals surface area contributed by atoms with Gasteiger partial charge in [-0.15, -0.1) is 0 Å². The molecule has 18 heavy (non-hydrogen) atoms. The number of imidazole rings is 1. The van der Waals surface area contributed by atoms with Crippen LogP contribution in [0.4, 0.5) is 0 Å². The van der Waals surface area contributed by atoms with Crippen molar-refractivity contribution in [1.82, 2.24) is 14.9 Å². The van der Waals surface area contributed by atoms with E-state index < -0.39 is 0 Å². The summed E-state index contributed by atoms with van der Waals surface area (Å²) >= 11 is 0. The molecule has 1 heterocycles. The average molecular weight is 243 g/mol.